The largest absolute Gasteiger partial charge is 0.383 e. The standard InChI is InChI=1S/C31H40N4O6S2/c1-31(2,3)43(40,41)28(21-12-8-5-9-13-21)30(39)35-25(24-17-32-19-33-24)29(38)34-23(16-20-10-6-4-7-11-20)27(37)26(36)22-14-15-42-18-22/h5,8-9,12-15,17-20,23,25,27-28,37H,4,6-7,10-11,16H2,1-3H3,(H,32,33)(H,34,38)(H,35,39). The Labute approximate surface area is 256 Å². The maximum absolute atomic E-state index is 13.9. The maximum Gasteiger partial charge on any atom is 0.249 e. The zero-order valence-electron chi connectivity index (χ0n) is 24.7. The topological polar surface area (TPSA) is 158 Å². The smallest absolute Gasteiger partial charge is 0.249 e. The molecule has 10 nitrogen and oxygen atoms in total. The van der Waals surface area contributed by atoms with Crippen molar-refractivity contribution in [2.75, 3.05) is 0 Å². The van der Waals surface area contributed by atoms with Gasteiger partial charge in [0.1, 0.15) is 12.1 Å². The van der Waals surface area contributed by atoms with Crippen molar-refractivity contribution in [3.05, 3.63) is 76.5 Å². The van der Waals surface area contributed by atoms with Crippen LogP contribution >= 0.6 is 11.3 Å². The molecule has 1 saturated carbocycles. The lowest BCUT2D eigenvalue weighted by Gasteiger charge is -2.31. The highest BCUT2D eigenvalue weighted by Crippen LogP contribution is 2.33. The van der Waals surface area contributed by atoms with Gasteiger partial charge < -0.3 is 20.7 Å². The van der Waals surface area contributed by atoms with Crippen molar-refractivity contribution < 1.29 is 27.9 Å². The number of Topliss-reactive ketones (excluding diaryl/α,β-unsaturated/α-hetero) is 1. The van der Waals surface area contributed by atoms with E-state index < -0.39 is 55.6 Å². The predicted octanol–water partition coefficient (Wildman–Crippen LogP) is 4.28. The Kier molecular flexibility index (Phi) is 10.6. The molecule has 0 radical (unpaired) electrons. The number of thiophene rings is 1. The normalized spacial score (nSPS) is 17.4. The van der Waals surface area contributed by atoms with E-state index in [1.807, 2.05) is 0 Å². The van der Waals surface area contributed by atoms with E-state index in [0.717, 1.165) is 32.1 Å². The molecule has 3 aromatic rings. The summed E-state index contributed by atoms with van der Waals surface area (Å²) in [6.45, 7) is 4.56. The summed E-state index contributed by atoms with van der Waals surface area (Å²) in [5.41, 5.74) is 0.850. The van der Waals surface area contributed by atoms with Gasteiger partial charge in [-0.2, -0.15) is 11.3 Å². The third kappa shape index (κ3) is 7.79. The molecule has 2 heterocycles. The van der Waals surface area contributed by atoms with Gasteiger partial charge in [0.15, 0.2) is 20.9 Å². The van der Waals surface area contributed by atoms with Crippen LogP contribution in [-0.4, -0.2) is 58.0 Å². The number of aromatic nitrogens is 2. The van der Waals surface area contributed by atoms with Crippen molar-refractivity contribution >= 4 is 38.8 Å². The van der Waals surface area contributed by atoms with Crippen LogP contribution in [-0.2, 0) is 19.4 Å². The Morgan fingerprint density at radius 2 is 1.74 bits per heavy atom. The minimum absolute atomic E-state index is 0.212. The molecule has 2 amide bonds. The number of sulfone groups is 1. The number of imidazole rings is 1. The number of rotatable bonds is 12. The Bertz CT molecular complexity index is 1460. The summed E-state index contributed by atoms with van der Waals surface area (Å²) in [4.78, 5) is 47.7. The molecular formula is C31H40N4O6S2. The monoisotopic (exact) mass is 628 g/mol. The first-order valence-electron chi connectivity index (χ1n) is 14.5. The predicted molar refractivity (Wildman–Crippen MR) is 165 cm³/mol. The highest BCUT2D eigenvalue weighted by molar-refractivity contribution is 7.93. The fraction of sp³-hybridized carbons (Fsp3) is 0.484. The first kappa shape index (κ1) is 32.6. The van der Waals surface area contributed by atoms with Crippen LogP contribution in [0.5, 0.6) is 0 Å². The molecule has 1 aliphatic rings. The van der Waals surface area contributed by atoms with Gasteiger partial charge in [0.25, 0.3) is 0 Å². The molecule has 4 N–H and O–H groups in total. The van der Waals surface area contributed by atoms with E-state index in [1.54, 1.807) is 47.2 Å². The Morgan fingerprint density at radius 1 is 1.05 bits per heavy atom. The number of carbonyl (C=O) groups excluding carboxylic acids is 3. The summed E-state index contributed by atoms with van der Waals surface area (Å²) in [5, 5.41) is 18.5. The Morgan fingerprint density at radius 3 is 2.33 bits per heavy atom. The SMILES string of the molecule is CC(C)(C)S(=O)(=O)C(C(=O)NC(C(=O)NC(CC1CCCCC1)C(O)C(=O)c1ccsc1)c1cnc[nH]1)c1ccccc1. The number of nitrogens with one attached hydrogen (secondary N) is 3. The first-order chi connectivity index (χ1) is 20.4. The van der Waals surface area contributed by atoms with Crippen LogP contribution < -0.4 is 10.6 Å². The molecule has 1 aliphatic carbocycles. The summed E-state index contributed by atoms with van der Waals surface area (Å²) in [5.74, 6) is -1.86. The molecule has 1 aromatic carbocycles. The van der Waals surface area contributed by atoms with Crippen LogP contribution in [0.25, 0.3) is 0 Å². The quantitative estimate of drug-likeness (QED) is 0.218. The highest BCUT2D eigenvalue weighted by atomic mass is 32.2. The number of nitrogens with zero attached hydrogens (tertiary/aromatic N) is 1. The molecule has 0 bridgehead atoms. The second kappa shape index (κ2) is 14.0. The lowest BCUT2D eigenvalue weighted by atomic mass is 9.83. The summed E-state index contributed by atoms with van der Waals surface area (Å²) in [6, 6.07) is 7.48. The van der Waals surface area contributed by atoms with E-state index in [-0.39, 0.29) is 17.2 Å². The van der Waals surface area contributed by atoms with Crippen LogP contribution in [0, 0.1) is 5.92 Å². The second-order valence-electron chi connectivity index (χ2n) is 12.1. The highest BCUT2D eigenvalue weighted by Gasteiger charge is 2.44. The molecule has 0 saturated heterocycles. The van der Waals surface area contributed by atoms with Gasteiger partial charge >= 0.3 is 0 Å². The van der Waals surface area contributed by atoms with Gasteiger partial charge in [-0.05, 0) is 50.1 Å². The van der Waals surface area contributed by atoms with Crippen molar-refractivity contribution in [1.82, 2.24) is 20.6 Å². The maximum atomic E-state index is 13.9. The van der Waals surface area contributed by atoms with E-state index in [9.17, 15) is 27.9 Å². The van der Waals surface area contributed by atoms with Gasteiger partial charge in [-0.3, -0.25) is 14.4 Å². The van der Waals surface area contributed by atoms with Gasteiger partial charge in [-0.1, -0.05) is 62.4 Å². The van der Waals surface area contributed by atoms with Crippen LogP contribution in [0.2, 0.25) is 0 Å². The molecule has 0 spiro atoms. The second-order valence-corrected chi connectivity index (χ2v) is 15.6. The fourth-order valence-corrected chi connectivity index (χ4v) is 7.67. The minimum atomic E-state index is -4.08. The lowest BCUT2D eigenvalue weighted by molar-refractivity contribution is -0.130. The van der Waals surface area contributed by atoms with Crippen molar-refractivity contribution in [3.63, 3.8) is 0 Å². The number of aliphatic hydroxyl groups is 1. The van der Waals surface area contributed by atoms with Gasteiger partial charge in [0, 0.05) is 10.9 Å². The van der Waals surface area contributed by atoms with Crippen molar-refractivity contribution in [2.45, 2.75) is 87.5 Å². The average molecular weight is 629 g/mol. The fourth-order valence-electron chi connectivity index (χ4n) is 5.45. The van der Waals surface area contributed by atoms with E-state index in [2.05, 4.69) is 20.6 Å². The summed E-state index contributed by atoms with van der Waals surface area (Å²) < 4.78 is 26.0. The number of hydrogen-bond acceptors (Lipinski definition) is 8. The van der Waals surface area contributed by atoms with E-state index in [0.29, 0.717) is 12.0 Å². The third-order valence-electron chi connectivity index (χ3n) is 7.98. The number of H-pyrrole nitrogens is 1. The molecule has 12 heteroatoms. The van der Waals surface area contributed by atoms with Gasteiger partial charge in [-0.25, -0.2) is 13.4 Å². The molecule has 2 aromatic heterocycles. The minimum Gasteiger partial charge on any atom is -0.383 e. The van der Waals surface area contributed by atoms with Gasteiger partial charge in [0.2, 0.25) is 11.8 Å². The molecule has 43 heavy (non-hydrogen) atoms. The zero-order chi connectivity index (χ0) is 31.2. The number of hydrogen-bond donors (Lipinski definition) is 4. The van der Waals surface area contributed by atoms with Crippen LogP contribution in [0.4, 0.5) is 0 Å². The first-order valence-corrected chi connectivity index (χ1v) is 17.0. The molecule has 4 unspecified atom stereocenters. The summed E-state index contributed by atoms with van der Waals surface area (Å²) >= 11 is 1.33. The average Bonchev–Trinajstić information content (AvgIpc) is 3.71. The summed E-state index contributed by atoms with van der Waals surface area (Å²) in [7, 11) is -4.08. The van der Waals surface area contributed by atoms with Crippen LogP contribution in [0.15, 0.2) is 59.7 Å². The van der Waals surface area contributed by atoms with E-state index >= 15 is 0 Å². The Hall–Kier alpha value is -3.35. The lowest BCUT2D eigenvalue weighted by Crippen LogP contribution is -2.52. The van der Waals surface area contributed by atoms with Crippen LogP contribution in [0.3, 0.4) is 0 Å². The number of benzene rings is 1. The number of aliphatic hydroxyl groups excluding tert-OH is 1. The number of carbonyl (C=O) groups is 3. The number of aromatic amines is 1. The van der Waals surface area contributed by atoms with E-state index in [1.165, 1.54) is 44.6 Å². The molecule has 0 aliphatic heterocycles. The Balaban J connectivity index is 1.64. The van der Waals surface area contributed by atoms with Crippen molar-refractivity contribution in [3.8, 4) is 0 Å². The summed E-state index contributed by atoms with van der Waals surface area (Å²) in [6.07, 6.45) is 6.64. The number of amides is 2. The van der Waals surface area contributed by atoms with Crippen LogP contribution in [0.1, 0.15) is 92.2 Å². The molecule has 232 valence electrons. The van der Waals surface area contributed by atoms with Gasteiger partial charge in [0.05, 0.1) is 29.0 Å². The van der Waals surface area contributed by atoms with E-state index in [4.69, 9.17) is 0 Å². The number of ketones is 1. The molecule has 1 fully saturated rings. The van der Waals surface area contributed by atoms with Crippen molar-refractivity contribution in [2.24, 2.45) is 5.92 Å². The molecule has 4 rings (SSSR count). The van der Waals surface area contributed by atoms with Crippen molar-refractivity contribution in [1.29, 1.82) is 0 Å². The third-order valence-corrected chi connectivity index (χ3v) is 11.5. The molecule has 4 atom stereocenters. The van der Waals surface area contributed by atoms with Gasteiger partial charge in [-0.15, -0.1) is 0 Å². The molecular weight excluding hydrogens is 588 g/mol. The zero-order valence-corrected chi connectivity index (χ0v) is 26.3.